The van der Waals surface area contributed by atoms with Crippen LogP contribution in [0.5, 0.6) is 11.5 Å². The van der Waals surface area contributed by atoms with Gasteiger partial charge in [-0.15, -0.1) is 0 Å². The molecule has 7 heteroatoms. The van der Waals surface area contributed by atoms with Gasteiger partial charge >= 0.3 is 10.1 Å². The number of aromatic nitrogens is 2. The lowest BCUT2D eigenvalue weighted by molar-refractivity contribution is 0.413. The summed E-state index contributed by atoms with van der Waals surface area (Å²) in [6.45, 7) is 1.93. The number of nitrogens with zero attached hydrogens (tertiary/aromatic N) is 1. The van der Waals surface area contributed by atoms with Crippen LogP contribution in [0.25, 0.3) is 11.4 Å². The number of imidazole rings is 1. The lowest BCUT2D eigenvalue weighted by Crippen LogP contribution is -2.13. The van der Waals surface area contributed by atoms with Gasteiger partial charge < -0.3 is 13.9 Å². The minimum absolute atomic E-state index is 0.00571. The highest BCUT2D eigenvalue weighted by Crippen LogP contribution is 2.31. The summed E-state index contributed by atoms with van der Waals surface area (Å²) in [4.78, 5) is 7.12. The van der Waals surface area contributed by atoms with E-state index in [1.165, 1.54) is 7.11 Å². The normalized spacial score (nSPS) is 11.3. The fourth-order valence-electron chi connectivity index (χ4n) is 1.84. The van der Waals surface area contributed by atoms with Crippen LogP contribution >= 0.6 is 0 Å². The van der Waals surface area contributed by atoms with Crippen molar-refractivity contribution in [2.45, 2.75) is 19.8 Å². The van der Waals surface area contributed by atoms with Crippen LogP contribution in [0.1, 0.15) is 19.8 Å². The first-order valence-electron chi connectivity index (χ1n) is 6.65. The van der Waals surface area contributed by atoms with Crippen LogP contribution < -0.4 is 8.92 Å². The quantitative estimate of drug-likeness (QED) is 0.795. The fourth-order valence-corrected chi connectivity index (χ4v) is 2.96. The summed E-state index contributed by atoms with van der Waals surface area (Å²) in [5.74, 6) is 1.38. The van der Waals surface area contributed by atoms with E-state index in [1.54, 1.807) is 30.6 Å². The molecular weight excluding hydrogens is 292 g/mol. The van der Waals surface area contributed by atoms with E-state index in [4.69, 9.17) is 8.92 Å². The number of aromatic amines is 1. The maximum absolute atomic E-state index is 11.8. The predicted octanol–water partition coefficient (Wildman–Crippen LogP) is 2.59. The van der Waals surface area contributed by atoms with Crippen molar-refractivity contribution in [3.63, 3.8) is 0 Å². The minimum Gasteiger partial charge on any atom is -0.496 e. The smallest absolute Gasteiger partial charge is 0.309 e. The molecule has 1 aromatic heterocycles. The molecule has 0 amide bonds. The highest BCUT2D eigenvalue weighted by atomic mass is 32.2. The van der Waals surface area contributed by atoms with E-state index in [2.05, 4.69) is 9.97 Å². The molecule has 0 saturated carbocycles. The SMILES string of the molecule is CCCCS(=O)(=O)Oc1ccc(-c2ncc[nH]2)c(OC)c1. The molecule has 0 atom stereocenters. The highest BCUT2D eigenvalue weighted by molar-refractivity contribution is 7.87. The Hall–Kier alpha value is -2.02. The molecule has 1 aromatic carbocycles. The zero-order valence-electron chi connectivity index (χ0n) is 12.0. The zero-order chi connectivity index (χ0) is 15.3. The monoisotopic (exact) mass is 310 g/mol. The molecule has 21 heavy (non-hydrogen) atoms. The molecule has 0 aliphatic rings. The van der Waals surface area contributed by atoms with Gasteiger partial charge in [0, 0.05) is 18.5 Å². The Kier molecular flexibility index (Phi) is 4.85. The number of benzene rings is 1. The topological polar surface area (TPSA) is 81.3 Å². The van der Waals surface area contributed by atoms with Gasteiger partial charge in [0.1, 0.15) is 17.3 Å². The molecule has 1 N–H and O–H groups in total. The second-order valence-corrected chi connectivity index (χ2v) is 6.19. The first-order chi connectivity index (χ1) is 10.1. The molecule has 2 rings (SSSR count). The van der Waals surface area contributed by atoms with Crippen molar-refractivity contribution in [3.8, 4) is 22.9 Å². The Bertz CT molecular complexity index is 681. The Labute approximate surface area is 124 Å². The number of ether oxygens (including phenoxy) is 1. The Morgan fingerprint density at radius 2 is 2.14 bits per heavy atom. The molecular formula is C14H18N2O4S. The van der Waals surface area contributed by atoms with Gasteiger partial charge in [-0.1, -0.05) is 13.3 Å². The van der Waals surface area contributed by atoms with Crippen LogP contribution in [0.15, 0.2) is 30.6 Å². The van der Waals surface area contributed by atoms with E-state index < -0.39 is 10.1 Å². The third-order valence-corrected chi connectivity index (χ3v) is 4.13. The second-order valence-electron chi connectivity index (χ2n) is 4.50. The molecule has 0 aliphatic heterocycles. The van der Waals surface area contributed by atoms with Crippen molar-refractivity contribution in [1.82, 2.24) is 9.97 Å². The van der Waals surface area contributed by atoms with Crippen molar-refractivity contribution < 1.29 is 17.3 Å². The van der Waals surface area contributed by atoms with E-state index in [0.29, 0.717) is 18.0 Å². The van der Waals surface area contributed by atoms with Gasteiger partial charge in [0.15, 0.2) is 0 Å². The van der Waals surface area contributed by atoms with Crippen molar-refractivity contribution in [3.05, 3.63) is 30.6 Å². The second kappa shape index (κ2) is 6.62. The molecule has 114 valence electrons. The van der Waals surface area contributed by atoms with Crippen LogP contribution in [-0.2, 0) is 10.1 Å². The summed E-state index contributed by atoms with van der Waals surface area (Å²) in [5.41, 5.74) is 0.737. The summed E-state index contributed by atoms with van der Waals surface area (Å²) in [6, 6.07) is 4.84. The van der Waals surface area contributed by atoms with E-state index in [0.717, 1.165) is 12.0 Å². The Morgan fingerprint density at radius 1 is 1.33 bits per heavy atom. The summed E-state index contributed by atoms with van der Waals surface area (Å²) >= 11 is 0. The molecule has 2 aromatic rings. The average Bonchev–Trinajstić information content (AvgIpc) is 2.98. The largest absolute Gasteiger partial charge is 0.496 e. The summed E-state index contributed by atoms with van der Waals surface area (Å²) < 4.78 is 33.9. The molecule has 0 fully saturated rings. The van der Waals surface area contributed by atoms with Crippen LogP contribution in [0, 0.1) is 0 Å². The van der Waals surface area contributed by atoms with Crippen molar-refractivity contribution in [2.24, 2.45) is 0 Å². The van der Waals surface area contributed by atoms with Crippen LogP contribution in [0.3, 0.4) is 0 Å². The standard InChI is InChI=1S/C14H18N2O4S/c1-3-4-9-21(17,18)20-11-5-6-12(13(10-11)19-2)14-15-7-8-16-14/h5-8,10H,3-4,9H2,1-2H3,(H,15,16). The van der Waals surface area contributed by atoms with Crippen LogP contribution in [0.2, 0.25) is 0 Å². The number of hydrogen-bond donors (Lipinski definition) is 1. The molecule has 1 heterocycles. The summed E-state index contributed by atoms with van der Waals surface area (Å²) in [5, 5.41) is 0. The summed E-state index contributed by atoms with van der Waals surface area (Å²) in [6.07, 6.45) is 4.70. The van der Waals surface area contributed by atoms with Gasteiger partial charge in [0.05, 0.1) is 18.4 Å². The maximum atomic E-state index is 11.8. The van der Waals surface area contributed by atoms with Crippen molar-refractivity contribution in [1.29, 1.82) is 0 Å². The van der Waals surface area contributed by atoms with E-state index in [1.807, 2.05) is 6.92 Å². The number of rotatable bonds is 7. The van der Waals surface area contributed by atoms with Gasteiger partial charge in [0.2, 0.25) is 0 Å². The molecule has 6 nitrogen and oxygen atoms in total. The maximum Gasteiger partial charge on any atom is 0.309 e. The first kappa shape index (κ1) is 15.4. The third-order valence-electron chi connectivity index (χ3n) is 2.90. The van der Waals surface area contributed by atoms with Gasteiger partial charge in [-0.3, -0.25) is 0 Å². The average molecular weight is 310 g/mol. The minimum atomic E-state index is -3.57. The lowest BCUT2D eigenvalue weighted by Gasteiger charge is -2.10. The van der Waals surface area contributed by atoms with Gasteiger partial charge in [-0.05, 0) is 18.6 Å². The lowest BCUT2D eigenvalue weighted by atomic mass is 10.2. The highest BCUT2D eigenvalue weighted by Gasteiger charge is 2.15. The zero-order valence-corrected chi connectivity index (χ0v) is 12.8. The Morgan fingerprint density at radius 3 is 2.76 bits per heavy atom. The molecule has 0 unspecified atom stereocenters. The van der Waals surface area contributed by atoms with Crippen molar-refractivity contribution >= 4 is 10.1 Å². The van der Waals surface area contributed by atoms with Crippen LogP contribution in [-0.4, -0.2) is 31.2 Å². The fraction of sp³-hybridized carbons (Fsp3) is 0.357. The van der Waals surface area contributed by atoms with Crippen LogP contribution in [0.4, 0.5) is 0 Å². The van der Waals surface area contributed by atoms with Gasteiger partial charge in [-0.2, -0.15) is 8.42 Å². The molecule has 0 spiro atoms. The van der Waals surface area contributed by atoms with E-state index >= 15 is 0 Å². The predicted molar refractivity (Wildman–Crippen MR) is 79.9 cm³/mol. The number of nitrogens with one attached hydrogen (secondary N) is 1. The third kappa shape index (κ3) is 3.98. The Balaban J connectivity index is 2.24. The molecule has 0 bridgehead atoms. The number of hydrogen-bond acceptors (Lipinski definition) is 5. The van der Waals surface area contributed by atoms with E-state index in [-0.39, 0.29) is 11.5 Å². The number of H-pyrrole nitrogens is 1. The number of unbranched alkanes of at least 4 members (excludes halogenated alkanes) is 1. The van der Waals surface area contributed by atoms with Crippen molar-refractivity contribution in [2.75, 3.05) is 12.9 Å². The molecule has 0 aliphatic carbocycles. The van der Waals surface area contributed by atoms with Gasteiger partial charge in [0.25, 0.3) is 0 Å². The summed E-state index contributed by atoms with van der Waals surface area (Å²) in [7, 11) is -2.06. The molecule has 0 saturated heterocycles. The van der Waals surface area contributed by atoms with Gasteiger partial charge in [-0.25, -0.2) is 4.98 Å². The number of methoxy groups -OCH3 is 1. The molecule has 0 radical (unpaired) electrons. The first-order valence-corrected chi connectivity index (χ1v) is 8.23. The van der Waals surface area contributed by atoms with E-state index in [9.17, 15) is 8.42 Å².